The molecule has 0 aromatic rings. The summed E-state index contributed by atoms with van der Waals surface area (Å²) >= 11 is 0. The van der Waals surface area contributed by atoms with Crippen molar-refractivity contribution in [2.24, 2.45) is 11.8 Å². The monoisotopic (exact) mass is 300 g/mol. The molecule has 5 heteroatoms. The maximum absolute atomic E-state index is 12.2. The predicted molar refractivity (Wildman–Crippen MR) is 85.0 cm³/mol. The summed E-state index contributed by atoms with van der Waals surface area (Å²) in [5, 5.41) is 6.10. The Bertz CT molecular complexity index is 327. The summed E-state index contributed by atoms with van der Waals surface area (Å²) in [4.78, 5) is 23.8. The molecular weight excluding hydrogens is 268 g/mol. The maximum atomic E-state index is 12.2. The molecule has 2 N–H and O–H groups in total. The summed E-state index contributed by atoms with van der Waals surface area (Å²) in [6.07, 6.45) is 1.24. The molecule has 0 aliphatic heterocycles. The number of rotatable bonds is 10. The molecule has 0 aliphatic rings. The van der Waals surface area contributed by atoms with E-state index < -0.39 is 5.54 Å². The minimum absolute atomic E-state index is 0.0398. The summed E-state index contributed by atoms with van der Waals surface area (Å²) in [7, 11) is 0. The minimum atomic E-state index is -0.596. The summed E-state index contributed by atoms with van der Waals surface area (Å²) < 4.78 is 5.00. The van der Waals surface area contributed by atoms with E-state index >= 15 is 0 Å². The molecule has 0 rings (SSSR count). The lowest BCUT2D eigenvalue weighted by Gasteiger charge is -2.26. The van der Waals surface area contributed by atoms with Crippen molar-refractivity contribution in [2.75, 3.05) is 19.7 Å². The van der Waals surface area contributed by atoms with Gasteiger partial charge in [0.1, 0.15) is 0 Å². The van der Waals surface area contributed by atoms with Gasteiger partial charge in [0.05, 0.1) is 18.6 Å². The average molecular weight is 300 g/mol. The molecule has 1 atom stereocenters. The van der Waals surface area contributed by atoms with E-state index in [2.05, 4.69) is 24.5 Å². The Hall–Kier alpha value is -1.10. The van der Waals surface area contributed by atoms with Crippen molar-refractivity contribution in [1.29, 1.82) is 0 Å². The Kier molecular flexibility index (Phi) is 9.26. The molecule has 0 bridgehead atoms. The van der Waals surface area contributed by atoms with Crippen LogP contribution in [0, 0.1) is 11.8 Å². The fourth-order valence-corrected chi connectivity index (χ4v) is 2.34. The minimum Gasteiger partial charge on any atom is -0.466 e. The molecule has 0 aliphatic carbocycles. The van der Waals surface area contributed by atoms with E-state index in [0.717, 1.165) is 13.0 Å². The van der Waals surface area contributed by atoms with Crippen molar-refractivity contribution in [3.63, 3.8) is 0 Å². The Morgan fingerprint density at radius 1 is 1.19 bits per heavy atom. The van der Waals surface area contributed by atoms with Crippen LogP contribution in [-0.2, 0) is 14.3 Å². The second-order valence-corrected chi connectivity index (χ2v) is 6.37. The number of carbonyl (C=O) groups is 2. The topological polar surface area (TPSA) is 67.4 Å². The van der Waals surface area contributed by atoms with Gasteiger partial charge in [0.15, 0.2) is 0 Å². The average Bonchev–Trinajstić information content (AvgIpc) is 2.34. The number of likely N-dealkylation sites (N-methyl/N-ethyl adjacent to an activating group) is 1. The van der Waals surface area contributed by atoms with Crippen LogP contribution in [0.4, 0.5) is 0 Å². The quantitative estimate of drug-likeness (QED) is 0.606. The van der Waals surface area contributed by atoms with Gasteiger partial charge in [0.2, 0.25) is 5.91 Å². The van der Waals surface area contributed by atoms with Gasteiger partial charge >= 0.3 is 5.97 Å². The molecule has 0 spiro atoms. The van der Waals surface area contributed by atoms with Gasteiger partial charge in [-0.25, -0.2) is 0 Å². The Morgan fingerprint density at radius 2 is 1.81 bits per heavy atom. The third-order valence-electron chi connectivity index (χ3n) is 3.30. The number of carbonyl (C=O) groups excluding carboxylic acids is 2. The Morgan fingerprint density at radius 3 is 2.29 bits per heavy atom. The van der Waals surface area contributed by atoms with Gasteiger partial charge in [-0.05, 0) is 45.6 Å². The van der Waals surface area contributed by atoms with Gasteiger partial charge in [-0.2, -0.15) is 0 Å². The molecule has 124 valence electrons. The second kappa shape index (κ2) is 9.77. The van der Waals surface area contributed by atoms with Crippen LogP contribution in [-0.4, -0.2) is 37.1 Å². The first-order chi connectivity index (χ1) is 9.72. The van der Waals surface area contributed by atoms with Crippen LogP contribution in [0.1, 0.15) is 54.4 Å². The van der Waals surface area contributed by atoms with Crippen molar-refractivity contribution in [1.82, 2.24) is 10.6 Å². The highest BCUT2D eigenvalue weighted by atomic mass is 16.5. The van der Waals surface area contributed by atoms with Crippen LogP contribution in [0.15, 0.2) is 0 Å². The molecule has 5 nitrogen and oxygen atoms in total. The molecular formula is C16H32N2O3. The zero-order chi connectivity index (χ0) is 16.5. The molecule has 0 aromatic carbocycles. The molecule has 0 saturated carbocycles. The van der Waals surface area contributed by atoms with Gasteiger partial charge in [-0.3, -0.25) is 9.59 Å². The largest absolute Gasteiger partial charge is 0.466 e. The van der Waals surface area contributed by atoms with E-state index in [1.165, 1.54) is 0 Å². The highest BCUT2D eigenvalue weighted by molar-refractivity contribution is 5.85. The Labute approximate surface area is 129 Å². The number of nitrogens with one attached hydrogen (secondary N) is 2. The van der Waals surface area contributed by atoms with E-state index in [4.69, 9.17) is 4.74 Å². The van der Waals surface area contributed by atoms with Gasteiger partial charge in [-0.1, -0.05) is 20.8 Å². The van der Waals surface area contributed by atoms with Gasteiger partial charge in [-0.15, -0.1) is 0 Å². The first kappa shape index (κ1) is 19.9. The molecule has 0 saturated heterocycles. The van der Waals surface area contributed by atoms with E-state index in [1.54, 1.807) is 6.92 Å². The highest BCUT2D eigenvalue weighted by Gasteiger charge is 2.27. The molecule has 0 unspecified atom stereocenters. The fourth-order valence-electron chi connectivity index (χ4n) is 2.34. The summed E-state index contributed by atoms with van der Waals surface area (Å²) in [5.41, 5.74) is -0.596. The zero-order valence-electron chi connectivity index (χ0n) is 14.4. The fraction of sp³-hybridized carbons (Fsp3) is 0.875. The van der Waals surface area contributed by atoms with E-state index in [1.807, 2.05) is 20.8 Å². The third-order valence-corrected chi connectivity index (χ3v) is 3.30. The summed E-state index contributed by atoms with van der Waals surface area (Å²) in [5.74, 6) is 0.360. The lowest BCUT2D eigenvalue weighted by atomic mass is 9.93. The molecule has 0 radical (unpaired) electrons. The van der Waals surface area contributed by atoms with Crippen LogP contribution in [0.3, 0.4) is 0 Å². The predicted octanol–water partition coefficient (Wildman–Crippen LogP) is 2.11. The van der Waals surface area contributed by atoms with Crippen molar-refractivity contribution >= 4 is 11.9 Å². The van der Waals surface area contributed by atoms with Crippen LogP contribution >= 0.6 is 0 Å². The molecule has 0 heterocycles. The maximum Gasteiger partial charge on any atom is 0.306 e. The summed E-state index contributed by atoms with van der Waals surface area (Å²) in [6.45, 7) is 13.3. The number of hydrogen-bond acceptors (Lipinski definition) is 4. The number of ether oxygens (including phenoxy) is 1. The number of amides is 1. The standard InChI is InChI=1S/C16H32N2O3/c1-7-18-16(5,6)15(20)17-11-13(9-12(3)4)10-14(19)21-8-2/h12-13,18H,7-11H2,1-6H3,(H,17,20)/t13-/m0/s1. The van der Waals surface area contributed by atoms with Crippen LogP contribution in [0.2, 0.25) is 0 Å². The smallest absolute Gasteiger partial charge is 0.306 e. The van der Waals surface area contributed by atoms with Gasteiger partial charge in [0, 0.05) is 6.54 Å². The molecule has 1 amide bonds. The molecule has 0 fully saturated rings. The second-order valence-electron chi connectivity index (χ2n) is 6.37. The van der Waals surface area contributed by atoms with E-state index in [-0.39, 0.29) is 17.8 Å². The van der Waals surface area contributed by atoms with Crippen molar-refractivity contribution < 1.29 is 14.3 Å². The lowest BCUT2D eigenvalue weighted by Crippen LogP contribution is -2.53. The van der Waals surface area contributed by atoms with Crippen molar-refractivity contribution in [3.05, 3.63) is 0 Å². The normalized spacial score (nSPS) is 13.1. The lowest BCUT2D eigenvalue weighted by molar-refractivity contribution is -0.144. The highest BCUT2D eigenvalue weighted by Crippen LogP contribution is 2.16. The van der Waals surface area contributed by atoms with Gasteiger partial charge in [0.25, 0.3) is 0 Å². The first-order valence-electron chi connectivity index (χ1n) is 7.91. The molecule has 0 aromatic heterocycles. The van der Waals surface area contributed by atoms with E-state index in [9.17, 15) is 9.59 Å². The first-order valence-corrected chi connectivity index (χ1v) is 7.91. The van der Waals surface area contributed by atoms with Crippen LogP contribution in [0.5, 0.6) is 0 Å². The van der Waals surface area contributed by atoms with Crippen LogP contribution in [0.25, 0.3) is 0 Å². The van der Waals surface area contributed by atoms with Crippen LogP contribution < -0.4 is 10.6 Å². The number of hydrogen-bond donors (Lipinski definition) is 2. The Balaban J connectivity index is 4.47. The molecule has 21 heavy (non-hydrogen) atoms. The zero-order valence-corrected chi connectivity index (χ0v) is 14.4. The van der Waals surface area contributed by atoms with Gasteiger partial charge < -0.3 is 15.4 Å². The van der Waals surface area contributed by atoms with E-state index in [0.29, 0.717) is 25.5 Å². The SMILES string of the molecule is CCNC(C)(C)C(=O)NC[C@H](CC(=O)OCC)CC(C)C. The third kappa shape index (κ3) is 8.71. The number of esters is 1. The van der Waals surface area contributed by atoms with Crippen molar-refractivity contribution in [2.45, 2.75) is 59.9 Å². The summed E-state index contributed by atoms with van der Waals surface area (Å²) in [6, 6.07) is 0. The van der Waals surface area contributed by atoms with Crippen molar-refractivity contribution in [3.8, 4) is 0 Å².